The van der Waals surface area contributed by atoms with E-state index in [1.165, 1.54) is 21.9 Å². The molecule has 1 fully saturated rings. The molecule has 0 bridgehead atoms. The number of rotatable bonds is 7. The van der Waals surface area contributed by atoms with E-state index in [4.69, 9.17) is 9.26 Å². The molecule has 0 radical (unpaired) electrons. The number of piperidine rings is 1. The average molecular weight is 546 g/mol. The van der Waals surface area contributed by atoms with Crippen molar-refractivity contribution in [1.29, 1.82) is 0 Å². The van der Waals surface area contributed by atoms with Crippen LogP contribution in [0.1, 0.15) is 36.3 Å². The van der Waals surface area contributed by atoms with Gasteiger partial charge in [-0.15, -0.1) is 0 Å². The smallest absolute Gasteiger partial charge is 0.227 e. The Bertz CT molecular complexity index is 1760. The number of nitrogens with zero attached hydrogens (tertiary/aromatic N) is 3. The van der Waals surface area contributed by atoms with Crippen molar-refractivity contribution in [3.8, 4) is 17.1 Å². The summed E-state index contributed by atoms with van der Waals surface area (Å²) in [6.07, 6.45) is 6.72. The molecule has 1 aliphatic heterocycles. The van der Waals surface area contributed by atoms with Crippen LogP contribution < -0.4 is 4.74 Å². The maximum Gasteiger partial charge on any atom is 0.227 e. The van der Waals surface area contributed by atoms with Crippen molar-refractivity contribution in [3.63, 3.8) is 0 Å². The van der Waals surface area contributed by atoms with E-state index in [0.717, 1.165) is 29.4 Å². The summed E-state index contributed by atoms with van der Waals surface area (Å²) in [5.41, 5.74) is 5.39. The summed E-state index contributed by atoms with van der Waals surface area (Å²) in [5, 5.41) is 6.59. The number of carbonyl (C=O) groups excluding carboxylic acids is 1. The van der Waals surface area contributed by atoms with Crippen molar-refractivity contribution in [1.82, 2.24) is 25.0 Å². The Morgan fingerprint density at radius 2 is 1.51 bits per heavy atom. The molecule has 7 rings (SSSR count). The second kappa shape index (κ2) is 10.3. The van der Waals surface area contributed by atoms with Gasteiger partial charge in [0.1, 0.15) is 5.75 Å². The summed E-state index contributed by atoms with van der Waals surface area (Å²) in [4.78, 5) is 26.8. The molecular weight excluding hydrogens is 514 g/mol. The number of aromatic nitrogens is 4. The minimum atomic E-state index is -0.216. The number of fused-ring (bicyclic) bond motifs is 2. The van der Waals surface area contributed by atoms with Crippen LogP contribution in [0.2, 0.25) is 0 Å². The van der Waals surface area contributed by atoms with Crippen LogP contribution in [0.25, 0.3) is 33.2 Å². The van der Waals surface area contributed by atoms with Gasteiger partial charge >= 0.3 is 0 Å². The maximum absolute atomic E-state index is 13.4. The number of ether oxygens (including phenoxy) is 1. The van der Waals surface area contributed by atoms with Gasteiger partial charge in [-0.3, -0.25) is 4.79 Å². The SMILES string of the molecule is COc1ccccc1-c1noc(CCC(=O)N2CCC(c3c[nH]c4ccccc34)(c3c[nH]c4ccccc34)CC2)n1. The number of H-pyrrole nitrogens is 2. The first-order valence-electron chi connectivity index (χ1n) is 14.0. The molecule has 1 saturated heterocycles. The molecule has 4 heterocycles. The highest BCUT2D eigenvalue weighted by atomic mass is 16.5. The van der Waals surface area contributed by atoms with E-state index < -0.39 is 0 Å². The predicted molar refractivity (Wildman–Crippen MR) is 158 cm³/mol. The lowest BCUT2D eigenvalue weighted by Crippen LogP contribution is -2.45. The van der Waals surface area contributed by atoms with Gasteiger partial charge in [0.2, 0.25) is 17.6 Å². The van der Waals surface area contributed by atoms with Crippen molar-refractivity contribution in [2.75, 3.05) is 20.2 Å². The van der Waals surface area contributed by atoms with Gasteiger partial charge in [0.25, 0.3) is 0 Å². The Balaban J connectivity index is 1.11. The van der Waals surface area contributed by atoms with E-state index in [2.05, 4.69) is 81.0 Å². The molecular formula is C33H31N5O3. The fraction of sp³-hybridized carbons (Fsp3) is 0.242. The minimum absolute atomic E-state index is 0.105. The number of hydrogen-bond donors (Lipinski definition) is 2. The van der Waals surface area contributed by atoms with Gasteiger partial charge in [0, 0.05) is 65.5 Å². The molecule has 206 valence electrons. The number of aryl methyl sites for hydroxylation is 1. The largest absolute Gasteiger partial charge is 0.496 e. The summed E-state index contributed by atoms with van der Waals surface area (Å²) in [6, 6.07) is 24.5. The second-order valence-electron chi connectivity index (χ2n) is 10.7. The highest BCUT2D eigenvalue weighted by Crippen LogP contribution is 2.47. The van der Waals surface area contributed by atoms with E-state index in [1.54, 1.807) is 7.11 Å². The summed E-state index contributed by atoms with van der Waals surface area (Å²) in [5.74, 6) is 1.69. The average Bonchev–Trinajstić information content (AvgIpc) is 3.79. The Kier molecular flexibility index (Phi) is 6.30. The summed E-state index contributed by atoms with van der Waals surface area (Å²) < 4.78 is 10.9. The van der Waals surface area contributed by atoms with Crippen molar-refractivity contribution >= 4 is 27.7 Å². The molecule has 0 unspecified atom stereocenters. The molecule has 1 aliphatic rings. The van der Waals surface area contributed by atoms with Crippen molar-refractivity contribution < 1.29 is 14.1 Å². The molecule has 6 aromatic rings. The third-order valence-electron chi connectivity index (χ3n) is 8.55. The zero-order chi connectivity index (χ0) is 27.8. The van der Waals surface area contributed by atoms with E-state index in [1.807, 2.05) is 29.2 Å². The molecule has 0 saturated carbocycles. The van der Waals surface area contributed by atoms with Gasteiger partial charge in [-0.2, -0.15) is 4.98 Å². The Hall–Kier alpha value is -4.85. The van der Waals surface area contributed by atoms with Crippen LogP contribution >= 0.6 is 0 Å². The quantitative estimate of drug-likeness (QED) is 0.247. The molecule has 0 aliphatic carbocycles. The number of hydrogen-bond acceptors (Lipinski definition) is 5. The van der Waals surface area contributed by atoms with Crippen LogP contribution in [0, 0.1) is 0 Å². The Morgan fingerprint density at radius 3 is 2.17 bits per heavy atom. The monoisotopic (exact) mass is 545 g/mol. The zero-order valence-electron chi connectivity index (χ0n) is 22.9. The van der Waals surface area contributed by atoms with Crippen molar-refractivity contribution in [2.45, 2.75) is 31.1 Å². The predicted octanol–water partition coefficient (Wildman–Crippen LogP) is 6.25. The van der Waals surface area contributed by atoms with Gasteiger partial charge in [0.05, 0.1) is 12.7 Å². The number of carbonyl (C=O) groups is 1. The molecule has 41 heavy (non-hydrogen) atoms. The number of methoxy groups -OCH3 is 1. The van der Waals surface area contributed by atoms with Crippen LogP contribution in [0.5, 0.6) is 5.75 Å². The van der Waals surface area contributed by atoms with Gasteiger partial charge in [-0.1, -0.05) is 53.7 Å². The summed E-state index contributed by atoms with van der Waals surface area (Å²) in [6.45, 7) is 1.35. The fourth-order valence-electron chi connectivity index (χ4n) is 6.42. The van der Waals surface area contributed by atoms with E-state index >= 15 is 0 Å². The lowest BCUT2D eigenvalue weighted by molar-refractivity contribution is -0.132. The molecule has 8 nitrogen and oxygen atoms in total. The number of benzene rings is 3. The normalized spacial score (nSPS) is 15.0. The van der Waals surface area contributed by atoms with Crippen LogP contribution in [0.3, 0.4) is 0 Å². The Morgan fingerprint density at radius 1 is 0.902 bits per heavy atom. The number of amides is 1. The van der Waals surface area contributed by atoms with Gasteiger partial charge in [0.15, 0.2) is 0 Å². The van der Waals surface area contributed by atoms with Gasteiger partial charge in [-0.05, 0) is 48.2 Å². The third-order valence-corrected chi connectivity index (χ3v) is 8.55. The van der Waals surface area contributed by atoms with E-state index in [0.29, 0.717) is 43.4 Å². The molecule has 1 amide bonds. The van der Waals surface area contributed by atoms with Gasteiger partial charge in [-0.25, -0.2) is 0 Å². The van der Waals surface area contributed by atoms with Crippen LogP contribution in [-0.2, 0) is 16.6 Å². The summed E-state index contributed by atoms with van der Waals surface area (Å²) in [7, 11) is 1.61. The summed E-state index contributed by atoms with van der Waals surface area (Å²) >= 11 is 0. The second-order valence-corrected chi connectivity index (χ2v) is 10.7. The lowest BCUT2D eigenvalue weighted by atomic mass is 9.68. The lowest BCUT2D eigenvalue weighted by Gasteiger charge is -2.42. The van der Waals surface area contributed by atoms with Crippen LogP contribution in [0.4, 0.5) is 0 Å². The zero-order valence-corrected chi connectivity index (χ0v) is 22.9. The standard InChI is InChI=1S/C33H31N5O3/c1-40-29-13-7-4-10-24(29)32-36-30(41-37-32)14-15-31(39)38-18-16-33(17-19-38,25-20-34-27-11-5-2-8-22(25)27)26-21-35-28-12-6-3-9-23(26)28/h2-13,20-21,34-35H,14-19H2,1H3. The first kappa shape index (κ1) is 25.1. The van der Waals surface area contributed by atoms with E-state index in [9.17, 15) is 4.79 Å². The van der Waals surface area contributed by atoms with Crippen molar-refractivity contribution in [2.24, 2.45) is 0 Å². The first-order valence-corrected chi connectivity index (χ1v) is 14.0. The highest BCUT2D eigenvalue weighted by molar-refractivity contribution is 5.89. The minimum Gasteiger partial charge on any atom is -0.496 e. The van der Waals surface area contributed by atoms with Gasteiger partial charge < -0.3 is 24.1 Å². The fourth-order valence-corrected chi connectivity index (χ4v) is 6.42. The van der Waals surface area contributed by atoms with E-state index in [-0.39, 0.29) is 11.3 Å². The molecule has 0 spiro atoms. The molecule has 8 heteroatoms. The molecule has 3 aromatic carbocycles. The molecule has 2 N–H and O–H groups in total. The highest BCUT2D eigenvalue weighted by Gasteiger charge is 2.42. The Labute approximate surface area is 237 Å². The number of likely N-dealkylation sites (tertiary alicyclic amines) is 1. The number of aromatic amines is 2. The van der Waals surface area contributed by atoms with Crippen LogP contribution in [0.15, 0.2) is 89.7 Å². The topological polar surface area (TPSA) is 100 Å². The van der Waals surface area contributed by atoms with Crippen molar-refractivity contribution in [3.05, 3.63) is 102 Å². The number of para-hydroxylation sites is 3. The first-order chi connectivity index (χ1) is 20.2. The maximum atomic E-state index is 13.4. The molecule has 0 atom stereocenters. The van der Waals surface area contributed by atoms with Crippen LogP contribution in [-0.4, -0.2) is 51.1 Å². The number of nitrogens with one attached hydrogen (secondary N) is 2. The molecule has 3 aromatic heterocycles. The third kappa shape index (κ3) is 4.36.